The first kappa shape index (κ1) is 21.1. The van der Waals surface area contributed by atoms with E-state index in [1.807, 2.05) is 19.1 Å². The Labute approximate surface area is 164 Å². The van der Waals surface area contributed by atoms with Gasteiger partial charge in [-0.15, -0.1) is 0 Å². The molecule has 0 aromatic heterocycles. The summed E-state index contributed by atoms with van der Waals surface area (Å²) in [6.07, 6.45) is 9.83. The lowest BCUT2D eigenvalue weighted by Gasteiger charge is -2.23. The Morgan fingerprint density at radius 2 is 1.59 bits per heavy atom. The molecule has 0 fully saturated rings. The predicted molar refractivity (Wildman–Crippen MR) is 116 cm³/mol. The molecule has 0 radical (unpaired) electrons. The third kappa shape index (κ3) is 5.89. The molecule has 0 amide bonds. The first-order valence-corrected chi connectivity index (χ1v) is 10.1. The van der Waals surface area contributed by atoms with Crippen LogP contribution < -0.4 is 0 Å². The summed E-state index contributed by atoms with van der Waals surface area (Å²) in [6, 6.07) is 9.82. The third-order valence-corrected chi connectivity index (χ3v) is 5.01. The van der Waals surface area contributed by atoms with Crippen molar-refractivity contribution in [2.75, 3.05) is 0 Å². The van der Waals surface area contributed by atoms with Gasteiger partial charge >= 0.3 is 0 Å². The van der Waals surface area contributed by atoms with Gasteiger partial charge in [0.1, 0.15) is 11.5 Å². The van der Waals surface area contributed by atoms with Crippen molar-refractivity contribution in [1.82, 2.24) is 0 Å². The zero-order chi connectivity index (χ0) is 20.0. The van der Waals surface area contributed by atoms with Gasteiger partial charge in [-0.2, -0.15) is 0 Å². The van der Waals surface area contributed by atoms with Gasteiger partial charge in [-0.3, -0.25) is 0 Å². The van der Waals surface area contributed by atoms with Gasteiger partial charge in [0, 0.05) is 5.56 Å². The Balaban J connectivity index is 2.33. The molecular formula is C25H34O2. The molecule has 2 rings (SSSR count). The maximum atomic E-state index is 10.8. The van der Waals surface area contributed by atoms with E-state index in [9.17, 15) is 10.2 Å². The Bertz CT molecular complexity index is 795. The molecular weight excluding hydrogens is 332 g/mol. The van der Waals surface area contributed by atoms with Crippen LogP contribution in [0.4, 0.5) is 0 Å². The lowest BCUT2D eigenvalue weighted by atomic mass is 9.83. The third-order valence-electron chi connectivity index (χ3n) is 5.01. The molecule has 0 aliphatic rings. The zero-order valence-electron chi connectivity index (χ0n) is 17.5. The van der Waals surface area contributed by atoms with Crippen LogP contribution >= 0.6 is 0 Å². The van der Waals surface area contributed by atoms with Crippen LogP contribution in [-0.4, -0.2) is 10.2 Å². The minimum Gasteiger partial charge on any atom is -0.508 e. The first-order valence-electron chi connectivity index (χ1n) is 10.1. The van der Waals surface area contributed by atoms with Crippen LogP contribution in [0.1, 0.15) is 81.2 Å². The lowest BCUT2D eigenvalue weighted by Crippen LogP contribution is -2.12. The van der Waals surface area contributed by atoms with Gasteiger partial charge in [0.25, 0.3) is 0 Å². The van der Waals surface area contributed by atoms with E-state index in [4.69, 9.17) is 0 Å². The van der Waals surface area contributed by atoms with E-state index in [-0.39, 0.29) is 5.41 Å². The summed E-state index contributed by atoms with van der Waals surface area (Å²) in [5.74, 6) is 0.776. The number of aryl methyl sites for hydroxylation is 2. The minimum absolute atomic E-state index is 0.110. The molecule has 0 aliphatic carbocycles. The fraction of sp³-hybridized carbons (Fsp3) is 0.440. The topological polar surface area (TPSA) is 40.5 Å². The number of unbranched alkanes of at least 4 members (excludes halogenated alkanes) is 3. The van der Waals surface area contributed by atoms with Gasteiger partial charge in [0.15, 0.2) is 0 Å². The fourth-order valence-corrected chi connectivity index (χ4v) is 3.29. The Hall–Kier alpha value is -2.22. The Morgan fingerprint density at radius 1 is 0.889 bits per heavy atom. The molecule has 0 unspecified atom stereocenters. The fourth-order valence-electron chi connectivity index (χ4n) is 3.29. The molecule has 2 aromatic rings. The van der Waals surface area contributed by atoms with Crippen molar-refractivity contribution in [2.24, 2.45) is 0 Å². The largest absolute Gasteiger partial charge is 0.508 e. The quantitative estimate of drug-likeness (QED) is 0.409. The van der Waals surface area contributed by atoms with Crippen molar-refractivity contribution in [3.05, 3.63) is 58.1 Å². The summed E-state index contributed by atoms with van der Waals surface area (Å²) >= 11 is 0. The van der Waals surface area contributed by atoms with E-state index < -0.39 is 0 Å². The average molecular weight is 367 g/mol. The van der Waals surface area contributed by atoms with Crippen molar-refractivity contribution in [2.45, 2.75) is 72.1 Å². The van der Waals surface area contributed by atoms with Gasteiger partial charge < -0.3 is 10.2 Å². The second kappa shape index (κ2) is 9.12. The van der Waals surface area contributed by atoms with E-state index in [0.717, 1.165) is 40.7 Å². The molecule has 0 spiro atoms. The predicted octanol–water partition coefficient (Wildman–Crippen LogP) is 7.00. The molecule has 0 bridgehead atoms. The van der Waals surface area contributed by atoms with Crippen LogP contribution in [0.15, 0.2) is 30.3 Å². The first-order chi connectivity index (χ1) is 12.7. The molecule has 0 atom stereocenters. The molecule has 2 heteroatoms. The van der Waals surface area contributed by atoms with Crippen molar-refractivity contribution >= 4 is 12.2 Å². The highest BCUT2D eigenvalue weighted by Gasteiger charge is 2.20. The van der Waals surface area contributed by atoms with E-state index in [2.05, 4.69) is 52.0 Å². The molecule has 146 valence electrons. The van der Waals surface area contributed by atoms with Gasteiger partial charge in [-0.05, 0) is 71.7 Å². The van der Waals surface area contributed by atoms with Gasteiger partial charge in [0.2, 0.25) is 0 Å². The van der Waals surface area contributed by atoms with Crippen molar-refractivity contribution < 1.29 is 10.2 Å². The SMILES string of the molecule is CCCCCCc1cc(C=Cc2ccc(O)c(C)c2)cc(C(C)(C)C)c1O. The van der Waals surface area contributed by atoms with E-state index in [1.54, 1.807) is 6.07 Å². The maximum Gasteiger partial charge on any atom is 0.122 e. The van der Waals surface area contributed by atoms with Gasteiger partial charge in [-0.1, -0.05) is 65.2 Å². The van der Waals surface area contributed by atoms with E-state index >= 15 is 0 Å². The normalized spacial score (nSPS) is 12.0. The number of phenols is 2. The lowest BCUT2D eigenvalue weighted by molar-refractivity contribution is 0.439. The van der Waals surface area contributed by atoms with Crippen LogP contribution in [0.3, 0.4) is 0 Å². The highest BCUT2D eigenvalue weighted by Crippen LogP contribution is 2.35. The number of hydrogen-bond donors (Lipinski definition) is 2. The molecule has 0 saturated heterocycles. The summed E-state index contributed by atoms with van der Waals surface area (Å²) < 4.78 is 0. The van der Waals surface area contributed by atoms with Crippen molar-refractivity contribution in [3.8, 4) is 11.5 Å². The van der Waals surface area contributed by atoms with Gasteiger partial charge in [0.05, 0.1) is 0 Å². The number of phenolic OH excluding ortho intramolecular Hbond substituents is 2. The summed E-state index contributed by atoms with van der Waals surface area (Å²) in [5.41, 5.74) is 4.96. The molecule has 27 heavy (non-hydrogen) atoms. The average Bonchev–Trinajstić information content (AvgIpc) is 2.60. The highest BCUT2D eigenvalue weighted by atomic mass is 16.3. The van der Waals surface area contributed by atoms with Crippen molar-refractivity contribution in [1.29, 1.82) is 0 Å². The summed E-state index contributed by atoms with van der Waals surface area (Å²) in [7, 11) is 0. The number of aromatic hydroxyl groups is 2. The Kier molecular flexibility index (Phi) is 7.12. The summed E-state index contributed by atoms with van der Waals surface area (Å²) in [5, 5.41) is 20.5. The number of benzene rings is 2. The number of rotatable bonds is 7. The standard InChI is InChI=1S/C25H34O2/c1-6-7-8-9-10-21-16-20(17-22(24(21)27)25(3,4)5)12-11-19-13-14-23(26)18(2)15-19/h11-17,26-27H,6-10H2,1-5H3. The minimum atomic E-state index is -0.110. The van der Waals surface area contributed by atoms with Crippen LogP contribution in [0.2, 0.25) is 0 Å². The molecule has 2 aromatic carbocycles. The smallest absolute Gasteiger partial charge is 0.122 e. The van der Waals surface area contributed by atoms with Crippen LogP contribution in [0.25, 0.3) is 12.2 Å². The van der Waals surface area contributed by atoms with Gasteiger partial charge in [-0.25, -0.2) is 0 Å². The highest BCUT2D eigenvalue weighted by molar-refractivity contribution is 5.72. The van der Waals surface area contributed by atoms with Crippen LogP contribution in [-0.2, 0) is 11.8 Å². The second-order valence-corrected chi connectivity index (χ2v) is 8.52. The molecule has 0 heterocycles. The molecule has 2 nitrogen and oxygen atoms in total. The number of hydrogen-bond acceptors (Lipinski definition) is 2. The zero-order valence-corrected chi connectivity index (χ0v) is 17.5. The summed E-state index contributed by atoms with van der Waals surface area (Å²) in [6.45, 7) is 10.5. The van der Waals surface area contributed by atoms with E-state index in [1.165, 1.54) is 19.3 Å². The van der Waals surface area contributed by atoms with Crippen LogP contribution in [0, 0.1) is 6.92 Å². The summed E-state index contributed by atoms with van der Waals surface area (Å²) in [4.78, 5) is 0. The molecule has 0 aliphatic heterocycles. The second-order valence-electron chi connectivity index (χ2n) is 8.52. The maximum absolute atomic E-state index is 10.8. The monoisotopic (exact) mass is 366 g/mol. The van der Waals surface area contributed by atoms with Crippen molar-refractivity contribution in [3.63, 3.8) is 0 Å². The van der Waals surface area contributed by atoms with E-state index in [0.29, 0.717) is 11.5 Å². The molecule has 0 saturated carbocycles. The molecule has 2 N–H and O–H groups in total. The Morgan fingerprint density at radius 3 is 2.22 bits per heavy atom. The van der Waals surface area contributed by atoms with Crippen LogP contribution in [0.5, 0.6) is 11.5 Å².